The maximum absolute atomic E-state index is 12.9. The van der Waals surface area contributed by atoms with Gasteiger partial charge in [-0.05, 0) is 36.8 Å². The van der Waals surface area contributed by atoms with Crippen LogP contribution >= 0.6 is 0 Å². The molecule has 0 saturated carbocycles. The van der Waals surface area contributed by atoms with Gasteiger partial charge in [0, 0.05) is 36.6 Å². The average Bonchev–Trinajstić information content (AvgIpc) is 2.76. The number of nitrogens with one attached hydrogen (secondary N) is 3. The standard InChI is InChI=1S/C23H24N4O3/c1-17-7-9-20(10-8-17)26-23(28)22(18-5-3-2-4-6-18)25-16-15-24-19-11-13-21(14-12-19)27(29)30/h2-14,22,24-25H,15-16H2,1H3,(H,26,28). The van der Waals surface area contributed by atoms with E-state index < -0.39 is 11.0 Å². The number of rotatable bonds is 9. The molecule has 30 heavy (non-hydrogen) atoms. The monoisotopic (exact) mass is 404 g/mol. The topological polar surface area (TPSA) is 96.3 Å². The third-order valence-corrected chi connectivity index (χ3v) is 4.59. The minimum absolute atomic E-state index is 0.0515. The first-order valence-corrected chi connectivity index (χ1v) is 9.67. The number of aryl methyl sites for hydroxylation is 1. The molecular formula is C23H24N4O3. The molecule has 0 fully saturated rings. The number of nitro benzene ring substituents is 1. The number of carbonyl (C=O) groups excluding carboxylic acids is 1. The predicted octanol–water partition coefficient (Wildman–Crippen LogP) is 4.28. The maximum Gasteiger partial charge on any atom is 0.269 e. The molecule has 0 aliphatic heterocycles. The molecule has 0 aliphatic rings. The molecule has 7 nitrogen and oxygen atoms in total. The van der Waals surface area contributed by atoms with Crippen LogP contribution in [-0.4, -0.2) is 23.9 Å². The molecule has 3 N–H and O–H groups in total. The van der Waals surface area contributed by atoms with E-state index >= 15 is 0 Å². The Bertz CT molecular complexity index is 974. The Morgan fingerprint density at radius 1 is 0.900 bits per heavy atom. The van der Waals surface area contributed by atoms with Gasteiger partial charge >= 0.3 is 0 Å². The lowest BCUT2D eigenvalue weighted by Gasteiger charge is -2.19. The summed E-state index contributed by atoms with van der Waals surface area (Å²) in [6.07, 6.45) is 0. The minimum atomic E-state index is -0.508. The van der Waals surface area contributed by atoms with Gasteiger partial charge in [-0.1, -0.05) is 48.0 Å². The summed E-state index contributed by atoms with van der Waals surface area (Å²) in [5, 5.41) is 20.2. The second kappa shape index (κ2) is 10.2. The van der Waals surface area contributed by atoms with Gasteiger partial charge in [0.1, 0.15) is 6.04 Å². The molecule has 0 saturated heterocycles. The van der Waals surface area contributed by atoms with Gasteiger partial charge in [-0.15, -0.1) is 0 Å². The Hall–Kier alpha value is -3.71. The lowest BCUT2D eigenvalue weighted by atomic mass is 10.1. The van der Waals surface area contributed by atoms with Crippen LogP contribution in [0.4, 0.5) is 17.1 Å². The van der Waals surface area contributed by atoms with E-state index in [0.29, 0.717) is 13.1 Å². The van der Waals surface area contributed by atoms with Gasteiger partial charge in [0.2, 0.25) is 5.91 Å². The van der Waals surface area contributed by atoms with Crippen molar-refractivity contribution >= 4 is 23.0 Å². The first kappa shape index (κ1) is 21.0. The van der Waals surface area contributed by atoms with Gasteiger partial charge in [-0.25, -0.2) is 0 Å². The molecule has 0 radical (unpaired) electrons. The van der Waals surface area contributed by atoms with Crippen LogP contribution in [0.2, 0.25) is 0 Å². The van der Waals surface area contributed by atoms with Crippen molar-refractivity contribution in [1.82, 2.24) is 5.32 Å². The Morgan fingerprint density at radius 2 is 1.53 bits per heavy atom. The van der Waals surface area contributed by atoms with Crippen molar-refractivity contribution in [3.05, 3.63) is 100 Å². The van der Waals surface area contributed by atoms with Crippen molar-refractivity contribution in [1.29, 1.82) is 0 Å². The summed E-state index contributed by atoms with van der Waals surface area (Å²) in [4.78, 5) is 23.2. The molecule has 3 rings (SSSR count). The highest BCUT2D eigenvalue weighted by molar-refractivity contribution is 5.95. The fourth-order valence-corrected chi connectivity index (χ4v) is 2.98. The Labute approximate surface area is 175 Å². The maximum atomic E-state index is 12.9. The number of carbonyl (C=O) groups is 1. The van der Waals surface area contributed by atoms with Gasteiger partial charge in [0.15, 0.2) is 0 Å². The summed E-state index contributed by atoms with van der Waals surface area (Å²) in [7, 11) is 0. The lowest BCUT2D eigenvalue weighted by Crippen LogP contribution is -2.35. The number of amides is 1. The highest BCUT2D eigenvalue weighted by atomic mass is 16.6. The van der Waals surface area contributed by atoms with Gasteiger partial charge in [-0.2, -0.15) is 0 Å². The average molecular weight is 404 g/mol. The SMILES string of the molecule is Cc1ccc(NC(=O)C(NCCNc2ccc([N+](=O)[O-])cc2)c2ccccc2)cc1. The van der Waals surface area contributed by atoms with Crippen LogP contribution in [0.5, 0.6) is 0 Å². The fraction of sp³-hybridized carbons (Fsp3) is 0.174. The van der Waals surface area contributed by atoms with Crippen LogP contribution in [-0.2, 0) is 4.79 Å². The lowest BCUT2D eigenvalue weighted by molar-refractivity contribution is -0.384. The summed E-state index contributed by atoms with van der Waals surface area (Å²) in [6, 6.07) is 22.9. The van der Waals surface area contributed by atoms with E-state index in [-0.39, 0.29) is 11.6 Å². The first-order chi connectivity index (χ1) is 14.5. The van der Waals surface area contributed by atoms with Crippen LogP contribution < -0.4 is 16.0 Å². The normalized spacial score (nSPS) is 11.5. The number of nitrogens with zero attached hydrogens (tertiary/aromatic N) is 1. The number of benzene rings is 3. The van der Waals surface area contributed by atoms with Crippen LogP contribution in [0.25, 0.3) is 0 Å². The van der Waals surface area contributed by atoms with Gasteiger partial charge < -0.3 is 16.0 Å². The minimum Gasteiger partial charge on any atom is -0.384 e. The van der Waals surface area contributed by atoms with Crippen LogP contribution in [0, 0.1) is 17.0 Å². The van der Waals surface area contributed by atoms with E-state index in [9.17, 15) is 14.9 Å². The van der Waals surface area contributed by atoms with Crippen molar-refractivity contribution in [3.63, 3.8) is 0 Å². The zero-order valence-electron chi connectivity index (χ0n) is 16.7. The number of anilines is 2. The second-order valence-electron chi connectivity index (χ2n) is 6.88. The molecule has 3 aromatic carbocycles. The summed E-state index contributed by atoms with van der Waals surface area (Å²) in [6.45, 7) is 3.08. The summed E-state index contributed by atoms with van der Waals surface area (Å²) in [5.74, 6) is -0.139. The smallest absolute Gasteiger partial charge is 0.269 e. The van der Waals surface area contributed by atoms with Gasteiger partial charge in [0.05, 0.1) is 4.92 Å². The number of non-ortho nitro benzene ring substituents is 1. The van der Waals surface area contributed by atoms with Crippen molar-refractivity contribution in [2.45, 2.75) is 13.0 Å². The Morgan fingerprint density at radius 3 is 2.17 bits per heavy atom. The summed E-state index contributed by atoms with van der Waals surface area (Å²) in [5.41, 5.74) is 3.58. The molecule has 0 spiro atoms. The molecule has 7 heteroatoms. The van der Waals surface area contributed by atoms with Crippen molar-refractivity contribution in [2.24, 2.45) is 0 Å². The molecular weight excluding hydrogens is 380 g/mol. The number of hydrogen-bond acceptors (Lipinski definition) is 5. The largest absolute Gasteiger partial charge is 0.384 e. The van der Waals surface area contributed by atoms with Crippen molar-refractivity contribution in [2.75, 3.05) is 23.7 Å². The highest BCUT2D eigenvalue weighted by Gasteiger charge is 2.19. The van der Waals surface area contributed by atoms with Crippen molar-refractivity contribution in [3.8, 4) is 0 Å². The van der Waals surface area contributed by atoms with E-state index in [4.69, 9.17) is 0 Å². The number of hydrogen-bond donors (Lipinski definition) is 3. The number of nitro groups is 1. The Kier molecular flexibility index (Phi) is 7.13. The van der Waals surface area contributed by atoms with Gasteiger partial charge in [0.25, 0.3) is 5.69 Å². The zero-order valence-corrected chi connectivity index (χ0v) is 16.7. The third-order valence-electron chi connectivity index (χ3n) is 4.59. The molecule has 1 unspecified atom stereocenters. The fourth-order valence-electron chi connectivity index (χ4n) is 2.98. The molecule has 0 heterocycles. The molecule has 154 valence electrons. The van der Waals surface area contributed by atoms with Crippen LogP contribution in [0.1, 0.15) is 17.2 Å². The van der Waals surface area contributed by atoms with E-state index in [1.807, 2.05) is 61.5 Å². The highest BCUT2D eigenvalue weighted by Crippen LogP contribution is 2.17. The van der Waals surface area contributed by atoms with E-state index in [1.54, 1.807) is 12.1 Å². The second-order valence-corrected chi connectivity index (χ2v) is 6.88. The quantitative estimate of drug-likeness (QED) is 0.281. The third kappa shape index (κ3) is 5.89. The molecule has 3 aromatic rings. The summed E-state index contributed by atoms with van der Waals surface area (Å²) >= 11 is 0. The van der Waals surface area contributed by atoms with E-state index in [0.717, 1.165) is 22.5 Å². The van der Waals surface area contributed by atoms with Crippen molar-refractivity contribution < 1.29 is 9.72 Å². The molecule has 1 atom stereocenters. The van der Waals surface area contributed by atoms with Crippen LogP contribution in [0.15, 0.2) is 78.9 Å². The predicted molar refractivity (Wildman–Crippen MR) is 119 cm³/mol. The molecule has 0 aliphatic carbocycles. The van der Waals surface area contributed by atoms with E-state index in [1.165, 1.54) is 12.1 Å². The van der Waals surface area contributed by atoms with E-state index in [2.05, 4.69) is 16.0 Å². The zero-order chi connectivity index (χ0) is 21.3. The Balaban J connectivity index is 1.59. The van der Waals surface area contributed by atoms with Crippen LogP contribution in [0.3, 0.4) is 0 Å². The molecule has 0 aromatic heterocycles. The molecule has 1 amide bonds. The van der Waals surface area contributed by atoms with Gasteiger partial charge in [-0.3, -0.25) is 14.9 Å². The summed E-state index contributed by atoms with van der Waals surface area (Å²) < 4.78 is 0. The molecule has 0 bridgehead atoms. The first-order valence-electron chi connectivity index (χ1n) is 9.67.